The van der Waals surface area contributed by atoms with Crippen LogP contribution in [0.25, 0.3) is 0 Å². The zero-order chi connectivity index (χ0) is 16.2. The van der Waals surface area contributed by atoms with E-state index < -0.39 is 10.5 Å². The molecule has 2 rings (SSSR count). The van der Waals surface area contributed by atoms with Crippen molar-refractivity contribution in [1.29, 1.82) is 0 Å². The van der Waals surface area contributed by atoms with Crippen molar-refractivity contribution < 1.29 is 10.0 Å². The van der Waals surface area contributed by atoms with Crippen molar-refractivity contribution in [2.24, 2.45) is 0 Å². The molecule has 0 bridgehead atoms. The second-order valence-corrected chi connectivity index (χ2v) is 5.65. The van der Waals surface area contributed by atoms with Gasteiger partial charge in [0, 0.05) is 18.7 Å². The SMILES string of the molecule is CC(O)(CCNc1ccc([N+](=O)[O-])cc1Cl)c1ccccc1. The first-order valence-electron chi connectivity index (χ1n) is 6.86. The third kappa shape index (κ3) is 3.96. The molecule has 0 aliphatic rings. The lowest BCUT2D eigenvalue weighted by molar-refractivity contribution is -0.384. The standard InChI is InChI=1S/C16H17ClN2O3/c1-16(20,12-5-3-2-4-6-12)9-10-18-15-8-7-13(19(21)22)11-14(15)17/h2-8,11,18,20H,9-10H2,1H3. The van der Waals surface area contributed by atoms with Gasteiger partial charge in [0.2, 0.25) is 0 Å². The van der Waals surface area contributed by atoms with Gasteiger partial charge in [0.1, 0.15) is 0 Å². The third-order valence-electron chi connectivity index (χ3n) is 3.49. The molecule has 0 spiro atoms. The summed E-state index contributed by atoms with van der Waals surface area (Å²) in [6.45, 7) is 2.24. The van der Waals surface area contributed by atoms with Crippen LogP contribution in [0.2, 0.25) is 5.02 Å². The first-order valence-corrected chi connectivity index (χ1v) is 7.24. The van der Waals surface area contributed by atoms with E-state index in [-0.39, 0.29) is 10.7 Å². The highest BCUT2D eigenvalue weighted by molar-refractivity contribution is 6.33. The summed E-state index contributed by atoms with van der Waals surface area (Å²) in [6, 6.07) is 13.7. The minimum Gasteiger partial charge on any atom is -0.385 e. The number of anilines is 1. The van der Waals surface area contributed by atoms with Crippen LogP contribution in [-0.4, -0.2) is 16.6 Å². The average molecular weight is 321 g/mol. The van der Waals surface area contributed by atoms with Crippen molar-refractivity contribution in [3.05, 3.63) is 69.2 Å². The number of rotatable bonds is 6. The molecule has 2 aromatic carbocycles. The molecule has 2 N–H and O–H groups in total. The first kappa shape index (κ1) is 16.3. The van der Waals surface area contributed by atoms with Gasteiger partial charge in [-0.15, -0.1) is 0 Å². The molecule has 6 heteroatoms. The fourth-order valence-corrected chi connectivity index (χ4v) is 2.38. The number of hydrogen-bond acceptors (Lipinski definition) is 4. The number of nitro groups is 1. The molecule has 0 aromatic heterocycles. The number of aliphatic hydroxyl groups is 1. The summed E-state index contributed by atoms with van der Waals surface area (Å²) in [5, 5.41) is 24.5. The van der Waals surface area contributed by atoms with Gasteiger partial charge in [-0.05, 0) is 25.0 Å². The van der Waals surface area contributed by atoms with E-state index in [0.717, 1.165) is 5.56 Å². The number of halogens is 1. The van der Waals surface area contributed by atoms with Gasteiger partial charge in [0.25, 0.3) is 5.69 Å². The van der Waals surface area contributed by atoms with E-state index in [0.29, 0.717) is 18.7 Å². The van der Waals surface area contributed by atoms with Gasteiger partial charge in [-0.25, -0.2) is 0 Å². The van der Waals surface area contributed by atoms with Crippen LogP contribution in [0.15, 0.2) is 48.5 Å². The molecule has 0 fully saturated rings. The number of nitrogens with zero attached hydrogens (tertiary/aromatic N) is 1. The molecule has 0 radical (unpaired) electrons. The number of nitrogens with one attached hydrogen (secondary N) is 1. The van der Waals surface area contributed by atoms with Crippen LogP contribution < -0.4 is 5.32 Å². The Morgan fingerprint density at radius 1 is 1.27 bits per heavy atom. The van der Waals surface area contributed by atoms with Crippen LogP contribution in [0.4, 0.5) is 11.4 Å². The fraction of sp³-hybridized carbons (Fsp3) is 0.250. The summed E-state index contributed by atoms with van der Waals surface area (Å²) in [5.74, 6) is 0. The highest BCUT2D eigenvalue weighted by Crippen LogP contribution is 2.28. The topological polar surface area (TPSA) is 75.4 Å². The summed E-state index contributed by atoms with van der Waals surface area (Å²) >= 11 is 6.01. The fourth-order valence-electron chi connectivity index (χ4n) is 2.14. The van der Waals surface area contributed by atoms with Crippen LogP contribution in [0.5, 0.6) is 0 Å². The Bertz CT molecular complexity index is 660. The van der Waals surface area contributed by atoms with E-state index in [9.17, 15) is 15.2 Å². The summed E-state index contributed by atoms with van der Waals surface area (Å²) in [5.41, 5.74) is 0.441. The van der Waals surface area contributed by atoms with Crippen molar-refractivity contribution in [2.45, 2.75) is 18.9 Å². The lowest BCUT2D eigenvalue weighted by Gasteiger charge is -2.24. The number of benzene rings is 2. The van der Waals surface area contributed by atoms with Crippen LogP contribution in [0.3, 0.4) is 0 Å². The van der Waals surface area contributed by atoms with Crippen LogP contribution in [-0.2, 0) is 5.60 Å². The molecule has 1 atom stereocenters. The summed E-state index contributed by atoms with van der Waals surface area (Å²) in [7, 11) is 0. The zero-order valence-electron chi connectivity index (χ0n) is 12.1. The summed E-state index contributed by atoms with van der Waals surface area (Å²) in [6.07, 6.45) is 0.477. The Morgan fingerprint density at radius 3 is 2.55 bits per heavy atom. The van der Waals surface area contributed by atoms with Crippen LogP contribution in [0, 0.1) is 10.1 Å². The van der Waals surface area contributed by atoms with E-state index in [1.807, 2.05) is 30.3 Å². The summed E-state index contributed by atoms with van der Waals surface area (Å²) < 4.78 is 0. The predicted octanol–water partition coefficient (Wildman–Crippen LogP) is 3.96. The van der Waals surface area contributed by atoms with Crippen LogP contribution >= 0.6 is 11.6 Å². The Morgan fingerprint density at radius 2 is 1.95 bits per heavy atom. The Hall–Kier alpha value is -2.11. The lowest BCUT2D eigenvalue weighted by Crippen LogP contribution is -2.24. The van der Waals surface area contributed by atoms with E-state index in [2.05, 4.69) is 5.32 Å². The lowest BCUT2D eigenvalue weighted by atomic mass is 9.92. The predicted molar refractivity (Wildman–Crippen MR) is 87.2 cm³/mol. The molecule has 1 unspecified atom stereocenters. The van der Waals surface area contributed by atoms with E-state index >= 15 is 0 Å². The average Bonchev–Trinajstić information content (AvgIpc) is 2.49. The Labute approximate surface area is 133 Å². The van der Waals surface area contributed by atoms with E-state index in [1.54, 1.807) is 13.0 Å². The minimum atomic E-state index is -0.957. The van der Waals surface area contributed by atoms with E-state index in [4.69, 9.17) is 11.6 Å². The summed E-state index contributed by atoms with van der Waals surface area (Å²) in [4.78, 5) is 10.2. The van der Waals surface area contributed by atoms with Crippen molar-refractivity contribution in [2.75, 3.05) is 11.9 Å². The van der Waals surface area contributed by atoms with Crippen molar-refractivity contribution in [1.82, 2.24) is 0 Å². The Kier molecular flexibility index (Phi) is 5.00. The molecule has 116 valence electrons. The molecule has 0 amide bonds. The van der Waals surface area contributed by atoms with Gasteiger partial charge in [-0.1, -0.05) is 41.9 Å². The van der Waals surface area contributed by atoms with Gasteiger partial charge in [0.15, 0.2) is 0 Å². The van der Waals surface area contributed by atoms with Crippen molar-refractivity contribution in [3.8, 4) is 0 Å². The third-order valence-corrected chi connectivity index (χ3v) is 3.80. The molecule has 0 aliphatic carbocycles. The largest absolute Gasteiger partial charge is 0.385 e. The minimum absolute atomic E-state index is 0.0492. The van der Waals surface area contributed by atoms with Crippen LogP contribution in [0.1, 0.15) is 18.9 Å². The van der Waals surface area contributed by atoms with Gasteiger partial charge >= 0.3 is 0 Å². The maximum atomic E-state index is 10.7. The molecule has 2 aromatic rings. The molecule has 5 nitrogen and oxygen atoms in total. The number of nitro benzene ring substituents is 1. The van der Waals surface area contributed by atoms with Gasteiger partial charge < -0.3 is 10.4 Å². The zero-order valence-corrected chi connectivity index (χ0v) is 12.9. The first-order chi connectivity index (χ1) is 10.4. The molecule has 22 heavy (non-hydrogen) atoms. The Balaban J connectivity index is 1.98. The van der Waals surface area contributed by atoms with Gasteiger partial charge in [0.05, 0.1) is 21.2 Å². The monoisotopic (exact) mass is 320 g/mol. The van der Waals surface area contributed by atoms with Crippen molar-refractivity contribution >= 4 is 23.0 Å². The second-order valence-electron chi connectivity index (χ2n) is 5.24. The molecule has 0 aliphatic heterocycles. The highest BCUT2D eigenvalue weighted by atomic mass is 35.5. The van der Waals surface area contributed by atoms with Gasteiger partial charge in [-0.2, -0.15) is 0 Å². The second kappa shape index (κ2) is 6.77. The van der Waals surface area contributed by atoms with Gasteiger partial charge in [-0.3, -0.25) is 10.1 Å². The molecule has 0 heterocycles. The number of hydrogen-bond donors (Lipinski definition) is 2. The smallest absolute Gasteiger partial charge is 0.271 e. The maximum Gasteiger partial charge on any atom is 0.271 e. The highest BCUT2D eigenvalue weighted by Gasteiger charge is 2.22. The van der Waals surface area contributed by atoms with Crippen molar-refractivity contribution in [3.63, 3.8) is 0 Å². The molecular weight excluding hydrogens is 304 g/mol. The maximum absolute atomic E-state index is 10.7. The van der Waals surface area contributed by atoms with E-state index in [1.165, 1.54) is 12.1 Å². The molecule has 0 saturated heterocycles. The normalized spacial score (nSPS) is 13.4. The quantitative estimate of drug-likeness (QED) is 0.624. The molecule has 0 saturated carbocycles. The molecular formula is C16H17ClN2O3. The number of non-ortho nitro benzene ring substituents is 1.